The first-order chi connectivity index (χ1) is 7.54. The lowest BCUT2D eigenvalue weighted by atomic mass is 10.3. The van der Waals surface area contributed by atoms with Gasteiger partial charge in [0.1, 0.15) is 0 Å². The maximum Gasteiger partial charge on any atom is 0.401 e. The summed E-state index contributed by atoms with van der Waals surface area (Å²) < 4.78 is 36.9. The summed E-state index contributed by atoms with van der Waals surface area (Å²) in [5.74, 6) is 0. The van der Waals surface area contributed by atoms with Crippen LogP contribution in [0.1, 0.15) is 32.1 Å². The molecule has 1 N–H and O–H groups in total. The Labute approximate surface area is 94.2 Å². The van der Waals surface area contributed by atoms with Gasteiger partial charge in [-0.25, -0.2) is 0 Å². The van der Waals surface area contributed by atoms with Crippen LogP contribution < -0.4 is 5.32 Å². The van der Waals surface area contributed by atoms with Crippen LogP contribution in [-0.2, 0) is 0 Å². The van der Waals surface area contributed by atoms with Crippen molar-refractivity contribution in [3.63, 3.8) is 0 Å². The molecule has 0 spiro atoms. The highest BCUT2D eigenvalue weighted by Crippen LogP contribution is 2.30. The molecule has 0 atom stereocenters. The average molecular weight is 236 g/mol. The molecule has 94 valence electrons. The van der Waals surface area contributed by atoms with Gasteiger partial charge >= 0.3 is 6.18 Å². The predicted octanol–water partition coefficient (Wildman–Crippen LogP) is 2.16. The zero-order chi connectivity index (χ0) is 11.6. The number of hydrogen-bond acceptors (Lipinski definition) is 2. The summed E-state index contributed by atoms with van der Waals surface area (Å²) in [6, 6.07) is 0.847. The van der Waals surface area contributed by atoms with E-state index in [1.165, 1.54) is 12.8 Å². The van der Waals surface area contributed by atoms with E-state index in [9.17, 15) is 13.2 Å². The number of nitrogens with one attached hydrogen (secondary N) is 1. The van der Waals surface area contributed by atoms with Crippen LogP contribution in [0, 0.1) is 0 Å². The molecule has 5 heteroatoms. The van der Waals surface area contributed by atoms with Crippen molar-refractivity contribution in [2.45, 2.75) is 50.4 Å². The lowest BCUT2D eigenvalue weighted by Crippen LogP contribution is -2.37. The van der Waals surface area contributed by atoms with Gasteiger partial charge in [0, 0.05) is 12.1 Å². The summed E-state index contributed by atoms with van der Waals surface area (Å²) >= 11 is 0. The zero-order valence-electron chi connectivity index (χ0n) is 9.39. The Balaban J connectivity index is 1.61. The Morgan fingerprint density at radius 3 is 2.31 bits per heavy atom. The van der Waals surface area contributed by atoms with Crippen LogP contribution in [0.5, 0.6) is 0 Å². The Morgan fingerprint density at radius 2 is 1.81 bits per heavy atom. The molecule has 2 fully saturated rings. The monoisotopic (exact) mass is 236 g/mol. The van der Waals surface area contributed by atoms with E-state index in [1.54, 1.807) is 4.90 Å². The van der Waals surface area contributed by atoms with E-state index in [0.29, 0.717) is 12.6 Å². The van der Waals surface area contributed by atoms with Crippen LogP contribution in [0.25, 0.3) is 0 Å². The van der Waals surface area contributed by atoms with Crippen LogP contribution in [0.15, 0.2) is 0 Å². The van der Waals surface area contributed by atoms with Gasteiger partial charge in [0.25, 0.3) is 0 Å². The van der Waals surface area contributed by atoms with Gasteiger partial charge in [-0.05, 0) is 45.2 Å². The molecule has 0 aromatic rings. The van der Waals surface area contributed by atoms with E-state index < -0.39 is 12.7 Å². The van der Waals surface area contributed by atoms with Crippen molar-refractivity contribution in [2.24, 2.45) is 0 Å². The molecule has 2 saturated carbocycles. The topological polar surface area (TPSA) is 15.3 Å². The fourth-order valence-corrected chi connectivity index (χ4v) is 1.94. The van der Waals surface area contributed by atoms with Crippen molar-refractivity contribution < 1.29 is 13.2 Å². The van der Waals surface area contributed by atoms with E-state index in [1.807, 2.05) is 0 Å². The normalized spacial score (nSPS) is 21.8. The van der Waals surface area contributed by atoms with Gasteiger partial charge in [-0.15, -0.1) is 0 Å². The van der Waals surface area contributed by atoms with Gasteiger partial charge in [-0.3, -0.25) is 4.90 Å². The van der Waals surface area contributed by atoms with Gasteiger partial charge in [-0.1, -0.05) is 0 Å². The molecule has 2 aliphatic rings. The lowest BCUT2D eigenvalue weighted by molar-refractivity contribution is -0.147. The summed E-state index contributed by atoms with van der Waals surface area (Å²) in [6.45, 7) is 0.691. The fourth-order valence-electron chi connectivity index (χ4n) is 1.94. The minimum atomic E-state index is -4.05. The predicted molar refractivity (Wildman–Crippen MR) is 56.3 cm³/mol. The summed E-state index contributed by atoms with van der Waals surface area (Å²) in [6.07, 6.45) is 1.11. The Kier molecular flexibility index (Phi) is 3.74. The van der Waals surface area contributed by atoms with Gasteiger partial charge in [0.2, 0.25) is 0 Å². The quantitative estimate of drug-likeness (QED) is 0.681. The van der Waals surface area contributed by atoms with Gasteiger partial charge in [0.15, 0.2) is 0 Å². The maximum absolute atomic E-state index is 12.3. The standard InChI is InChI=1S/C11H19F3N2/c12-11(13,14)8-16(10-4-5-10)7-1-6-15-9-2-3-9/h9-10,15H,1-8H2. The van der Waals surface area contributed by atoms with E-state index >= 15 is 0 Å². The molecule has 2 nitrogen and oxygen atoms in total. The van der Waals surface area contributed by atoms with Gasteiger partial charge in [0.05, 0.1) is 6.54 Å². The summed E-state index contributed by atoms with van der Waals surface area (Å²) in [4.78, 5) is 1.59. The van der Waals surface area contributed by atoms with E-state index in [2.05, 4.69) is 5.32 Å². The Morgan fingerprint density at radius 1 is 1.12 bits per heavy atom. The molecule has 0 saturated heterocycles. The molecule has 2 rings (SSSR count). The van der Waals surface area contributed by atoms with Gasteiger partial charge in [-0.2, -0.15) is 13.2 Å². The third-order valence-electron chi connectivity index (χ3n) is 3.08. The maximum atomic E-state index is 12.3. The highest BCUT2D eigenvalue weighted by atomic mass is 19.4. The first-order valence-corrected chi connectivity index (χ1v) is 6.09. The Bertz CT molecular complexity index is 222. The number of nitrogens with zero attached hydrogens (tertiary/aromatic N) is 1. The molecule has 2 aliphatic carbocycles. The second kappa shape index (κ2) is 4.92. The number of alkyl halides is 3. The van der Waals surface area contributed by atoms with Crippen LogP contribution in [0.3, 0.4) is 0 Å². The molecule has 0 aromatic carbocycles. The van der Waals surface area contributed by atoms with Crippen molar-refractivity contribution in [1.29, 1.82) is 0 Å². The van der Waals surface area contributed by atoms with Crippen molar-refractivity contribution in [1.82, 2.24) is 10.2 Å². The number of hydrogen-bond donors (Lipinski definition) is 1. The number of rotatable bonds is 7. The summed E-state index contributed by atoms with van der Waals surface area (Å²) in [7, 11) is 0. The third kappa shape index (κ3) is 4.70. The second-order valence-electron chi connectivity index (χ2n) is 4.90. The largest absolute Gasteiger partial charge is 0.401 e. The molecule has 16 heavy (non-hydrogen) atoms. The SMILES string of the molecule is FC(F)(F)CN(CCCNC1CC1)C1CC1. The van der Waals surface area contributed by atoms with Crippen LogP contribution in [0.4, 0.5) is 13.2 Å². The number of halogens is 3. The van der Waals surface area contributed by atoms with Crippen molar-refractivity contribution >= 4 is 0 Å². The van der Waals surface area contributed by atoms with Crippen molar-refractivity contribution in [3.8, 4) is 0 Å². The molecular weight excluding hydrogens is 217 g/mol. The smallest absolute Gasteiger partial charge is 0.314 e. The highest BCUT2D eigenvalue weighted by Gasteiger charge is 2.37. The minimum Gasteiger partial charge on any atom is -0.314 e. The van der Waals surface area contributed by atoms with Crippen molar-refractivity contribution in [2.75, 3.05) is 19.6 Å². The van der Waals surface area contributed by atoms with E-state index in [4.69, 9.17) is 0 Å². The molecule has 0 unspecified atom stereocenters. The minimum absolute atomic E-state index is 0.197. The molecule has 0 bridgehead atoms. The second-order valence-corrected chi connectivity index (χ2v) is 4.90. The molecule has 0 heterocycles. The Hall–Kier alpha value is -0.290. The van der Waals surface area contributed by atoms with Crippen LogP contribution in [0.2, 0.25) is 0 Å². The fraction of sp³-hybridized carbons (Fsp3) is 1.00. The van der Waals surface area contributed by atoms with Crippen molar-refractivity contribution in [3.05, 3.63) is 0 Å². The zero-order valence-corrected chi connectivity index (χ0v) is 9.39. The van der Waals surface area contributed by atoms with E-state index in [0.717, 1.165) is 25.8 Å². The molecule has 0 radical (unpaired) electrons. The average Bonchev–Trinajstić information content (AvgIpc) is 2.99. The molecule has 0 amide bonds. The summed E-state index contributed by atoms with van der Waals surface area (Å²) in [5.41, 5.74) is 0. The highest BCUT2D eigenvalue weighted by molar-refractivity contribution is 4.86. The molecule has 0 aliphatic heterocycles. The first kappa shape index (κ1) is 12.2. The van der Waals surface area contributed by atoms with E-state index in [-0.39, 0.29) is 6.04 Å². The first-order valence-electron chi connectivity index (χ1n) is 6.09. The molecule has 0 aromatic heterocycles. The van der Waals surface area contributed by atoms with Gasteiger partial charge < -0.3 is 5.32 Å². The summed E-state index contributed by atoms with van der Waals surface area (Å²) in [5, 5.41) is 3.33. The van der Waals surface area contributed by atoms with Crippen LogP contribution >= 0.6 is 0 Å². The van der Waals surface area contributed by atoms with Crippen LogP contribution in [-0.4, -0.2) is 42.8 Å². The lowest BCUT2D eigenvalue weighted by Gasteiger charge is -2.23. The third-order valence-corrected chi connectivity index (χ3v) is 3.08. The molecular formula is C11H19F3N2.